The fourth-order valence-corrected chi connectivity index (χ4v) is 3.48. The maximum Gasteiger partial charge on any atom is 0.241 e. The van der Waals surface area contributed by atoms with Crippen molar-refractivity contribution in [2.75, 3.05) is 19.8 Å². The molecule has 1 aromatic heterocycles. The van der Waals surface area contributed by atoms with E-state index in [-0.39, 0.29) is 18.1 Å². The topological polar surface area (TPSA) is 41.6 Å². The first-order chi connectivity index (χ1) is 9.67. The average molecular weight is 296 g/mol. The summed E-state index contributed by atoms with van der Waals surface area (Å²) in [6, 6.07) is 4.19. The molecule has 1 aliphatic rings. The van der Waals surface area contributed by atoms with Crippen molar-refractivity contribution < 1.29 is 9.53 Å². The Morgan fingerprint density at radius 1 is 1.40 bits per heavy atom. The molecule has 1 amide bonds. The molecular formula is C15H24N2O2S. The van der Waals surface area contributed by atoms with E-state index in [2.05, 4.69) is 31.3 Å². The van der Waals surface area contributed by atoms with E-state index in [0.717, 1.165) is 26.0 Å². The summed E-state index contributed by atoms with van der Waals surface area (Å²) in [5, 5.41) is 3.46. The van der Waals surface area contributed by atoms with Gasteiger partial charge in [-0.05, 0) is 38.8 Å². The average Bonchev–Trinajstić information content (AvgIpc) is 2.99. The lowest BCUT2D eigenvalue weighted by Crippen LogP contribution is -2.32. The molecule has 0 radical (unpaired) electrons. The van der Waals surface area contributed by atoms with E-state index in [9.17, 15) is 4.79 Å². The number of amides is 1. The summed E-state index contributed by atoms with van der Waals surface area (Å²) in [5.74, 6) is 0.222. The van der Waals surface area contributed by atoms with Crippen molar-refractivity contribution >= 4 is 17.2 Å². The van der Waals surface area contributed by atoms with Gasteiger partial charge in [-0.1, -0.05) is 6.92 Å². The van der Waals surface area contributed by atoms with Crippen LogP contribution in [-0.4, -0.2) is 36.6 Å². The highest BCUT2D eigenvalue weighted by Crippen LogP contribution is 2.31. The zero-order chi connectivity index (χ0) is 14.5. The van der Waals surface area contributed by atoms with Gasteiger partial charge < -0.3 is 9.64 Å². The second kappa shape index (κ2) is 7.20. The van der Waals surface area contributed by atoms with E-state index in [4.69, 9.17) is 4.74 Å². The minimum absolute atomic E-state index is 0.0350. The van der Waals surface area contributed by atoms with E-state index in [0.29, 0.717) is 6.61 Å². The Labute approximate surface area is 125 Å². The van der Waals surface area contributed by atoms with Gasteiger partial charge in [0.1, 0.15) is 6.17 Å². The van der Waals surface area contributed by atoms with Gasteiger partial charge in [0.2, 0.25) is 5.91 Å². The second-order valence-electron chi connectivity index (χ2n) is 5.06. The Kier molecular flexibility index (Phi) is 5.57. The van der Waals surface area contributed by atoms with Crippen molar-refractivity contribution in [2.24, 2.45) is 0 Å². The van der Waals surface area contributed by atoms with Crippen LogP contribution in [0.2, 0.25) is 0 Å². The zero-order valence-corrected chi connectivity index (χ0v) is 13.3. The molecule has 0 saturated carbocycles. The minimum Gasteiger partial charge on any atom is -0.382 e. The third-order valence-electron chi connectivity index (χ3n) is 3.58. The van der Waals surface area contributed by atoms with Gasteiger partial charge in [0.05, 0.1) is 6.04 Å². The van der Waals surface area contributed by atoms with Crippen LogP contribution in [-0.2, 0) is 9.53 Å². The van der Waals surface area contributed by atoms with Gasteiger partial charge in [-0.2, -0.15) is 0 Å². The molecule has 1 aliphatic heterocycles. The van der Waals surface area contributed by atoms with Crippen LogP contribution in [0.3, 0.4) is 0 Å². The Bertz CT molecular complexity index is 447. The molecule has 1 saturated heterocycles. The van der Waals surface area contributed by atoms with E-state index >= 15 is 0 Å². The van der Waals surface area contributed by atoms with E-state index in [1.807, 2.05) is 11.8 Å². The number of hydrogen-bond donors (Lipinski definition) is 1. The van der Waals surface area contributed by atoms with Gasteiger partial charge in [0.15, 0.2) is 0 Å². The third kappa shape index (κ3) is 3.40. The third-order valence-corrected chi connectivity index (χ3v) is 4.64. The maximum absolute atomic E-state index is 12.4. The van der Waals surface area contributed by atoms with Crippen molar-refractivity contribution in [3.8, 4) is 0 Å². The largest absolute Gasteiger partial charge is 0.382 e. The molecule has 0 bridgehead atoms. The standard InChI is InChI=1S/C15H24N2O2S/c1-4-12-15(18)17(9-6-10-19-5-2)14(16-12)13-8-7-11(3)20-13/h7-8,12,14,16H,4-6,9-10H2,1-3H3. The predicted octanol–water partition coefficient (Wildman–Crippen LogP) is 2.69. The molecule has 0 aliphatic carbocycles. The second-order valence-corrected chi connectivity index (χ2v) is 6.38. The first kappa shape index (κ1) is 15.5. The molecule has 2 heterocycles. The van der Waals surface area contributed by atoms with Crippen LogP contribution in [0.5, 0.6) is 0 Å². The summed E-state index contributed by atoms with van der Waals surface area (Å²) >= 11 is 1.76. The molecular weight excluding hydrogens is 272 g/mol. The van der Waals surface area contributed by atoms with Crippen LogP contribution >= 0.6 is 11.3 Å². The number of ether oxygens (including phenoxy) is 1. The Morgan fingerprint density at radius 2 is 2.20 bits per heavy atom. The number of aryl methyl sites for hydroxylation is 1. The number of nitrogens with one attached hydrogen (secondary N) is 1. The van der Waals surface area contributed by atoms with Gasteiger partial charge in [0, 0.05) is 29.5 Å². The molecule has 2 rings (SSSR count). The summed E-state index contributed by atoms with van der Waals surface area (Å²) in [4.78, 5) is 16.9. The summed E-state index contributed by atoms with van der Waals surface area (Å²) in [6.07, 6.45) is 1.76. The number of thiophene rings is 1. The monoisotopic (exact) mass is 296 g/mol. The van der Waals surface area contributed by atoms with Crippen molar-refractivity contribution in [2.45, 2.75) is 45.8 Å². The molecule has 2 atom stereocenters. The van der Waals surface area contributed by atoms with Crippen LogP contribution < -0.4 is 5.32 Å². The minimum atomic E-state index is -0.0468. The summed E-state index contributed by atoms with van der Waals surface area (Å²) < 4.78 is 5.37. The lowest BCUT2D eigenvalue weighted by Gasteiger charge is -2.23. The highest BCUT2D eigenvalue weighted by molar-refractivity contribution is 7.12. The molecule has 0 spiro atoms. The maximum atomic E-state index is 12.4. The first-order valence-corrected chi connectivity index (χ1v) is 8.19. The molecule has 1 fully saturated rings. The predicted molar refractivity (Wildman–Crippen MR) is 81.8 cm³/mol. The number of nitrogens with zero attached hydrogens (tertiary/aromatic N) is 1. The quantitative estimate of drug-likeness (QED) is 0.787. The van der Waals surface area contributed by atoms with Crippen LogP contribution in [0.1, 0.15) is 42.6 Å². The molecule has 5 heteroatoms. The smallest absolute Gasteiger partial charge is 0.241 e. The van der Waals surface area contributed by atoms with Crippen molar-refractivity contribution in [1.29, 1.82) is 0 Å². The SMILES string of the molecule is CCOCCCN1C(=O)C(CC)NC1c1ccc(C)s1. The molecule has 4 nitrogen and oxygen atoms in total. The van der Waals surface area contributed by atoms with E-state index in [1.54, 1.807) is 11.3 Å². The van der Waals surface area contributed by atoms with Crippen molar-refractivity contribution in [1.82, 2.24) is 10.2 Å². The Morgan fingerprint density at radius 3 is 2.80 bits per heavy atom. The lowest BCUT2D eigenvalue weighted by atomic mass is 10.2. The molecule has 1 N–H and O–H groups in total. The zero-order valence-electron chi connectivity index (χ0n) is 12.5. The summed E-state index contributed by atoms with van der Waals surface area (Å²) in [7, 11) is 0. The number of carbonyl (C=O) groups is 1. The lowest BCUT2D eigenvalue weighted by molar-refractivity contribution is -0.130. The van der Waals surface area contributed by atoms with Crippen LogP contribution in [0.15, 0.2) is 12.1 Å². The fraction of sp³-hybridized carbons (Fsp3) is 0.667. The highest BCUT2D eigenvalue weighted by Gasteiger charge is 2.38. The van der Waals surface area contributed by atoms with Gasteiger partial charge in [-0.15, -0.1) is 11.3 Å². The Hall–Kier alpha value is -0.910. The van der Waals surface area contributed by atoms with Gasteiger partial charge in [-0.3, -0.25) is 10.1 Å². The molecule has 0 aromatic carbocycles. The van der Waals surface area contributed by atoms with Gasteiger partial charge in [0.25, 0.3) is 0 Å². The van der Waals surface area contributed by atoms with Crippen LogP contribution in [0.25, 0.3) is 0 Å². The summed E-state index contributed by atoms with van der Waals surface area (Å²) in [6.45, 7) is 8.35. The van der Waals surface area contributed by atoms with E-state index in [1.165, 1.54) is 9.75 Å². The summed E-state index contributed by atoms with van der Waals surface area (Å²) in [5.41, 5.74) is 0. The Balaban J connectivity index is 2.05. The molecule has 20 heavy (non-hydrogen) atoms. The van der Waals surface area contributed by atoms with E-state index < -0.39 is 0 Å². The number of carbonyl (C=O) groups excluding carboxylic acids is 1. The van der Waals surface area contributed by atoms with Gasteiger partial charge in [-0.25, -0.2) is 0 Å². The molecule has 1 aromatic rings. The number of rotatable bonds is 7. The van der Waals surface area contributed by atoms with Crippen molar-refractivity contribution in [3.05, 3.63) is 21.9 Å². The highest BCUT2D eigenvalue weighted by atomic mass is 32.1. The van der Waals surface area contributed by atoms with Gasteiger partial charge >= 0.3 is 0 Å². The van der Waals surface area contributed by atoms with Crippen LogP contribution in [0, 0.1) is 6.92 Å². The molecule has 2 unspecified atom stereocenters. The van der Waals surface area contributed by atoms with Crippen molar-refractivity contribution in [3.63, 3.8) is 0 Å². The first-order valence-electron chi connectivity index (χ1n) is 7.38. The number of hydrogen-bond acceptors (Lipinski definition) is 4. The normalized spacial score (nSPS) is 22.8. The van der Waals surface area contributed by atoms with Crippen LogP contribution in [0.4, 0.5) is 0 Å². The molecule has 112 valence electrons. The fourth-order valence-electron chi connectivity index (χ4n) is 2.53.